The van der Waals surface area contributed by atoms with Gasteiger partial charge < -0.3 is 8.83 Å². The number of para-hydroxylation sites is 1. The largest absolute Gasteiger partial charge is 0.456 e. The second-order valence-corrected chi connectivity index (χ2v) is 15.3. The van der Waals surface area contributed by atoms with Crippen molar-refractivity contribution in [2.45, 2.75) is 18.5 Å². The molecule has 5 heteroatoms. The lowest BCUT2D eigenvalue weighted by Crippen LogP contribution is -2.54. The van der Waals surface area contributed by atoms with Crippen molar-refractivity contribution in [3.05, 3.63) is 205 Å². The maximum atomic E-state index is 6.49. The first-order valence-corrected chi connectivity index (χ1v) is 19.9. The van der Waals surface area contributed by atoms with Gasteiger partial charge in [0.15, 0.2) is 0 Å². The zero-order valence-corrected chi connectivity index (χ0v) is 31.4. The number of nitrogens with one attached hydrogen (secondary N) is 3. The van der Waals surface area contributed by atoms with Gasteiger partial charge in [-0.05, 0) is 96.9 Å². The third kappa shape index (κ3) is 5.36. The maximum Gasteiger partial charge on any atom is 0.136 e. The second-order valence-electron chi connectivity index (χ2n) is 15.3. The first-order valence-electron chi connectivity index (χ1n) is 19.9. The van der Waals surface area contributed by atoms with E-state index in [1.54, 1.807) is 0 Å². The molecule has 5 nitrogen and oxygen atoms in total. The van der Waals surface area contributed by atoms with Crippen LogP contribution in [0, 0.1) is 0 Å². The Morgan fingerprint density at radius 1 is 0.328 bits per heavy atom. The second kappa shape index (κ2) is 13.3. The summed E-state index contributed by atoms with van der Waals surface area (Å²) >= 11 is 0. The fourth-order valence-electron chi connectivity index (χ4n) is 9.30. The van der Waals surface area contributed by atoms with Crippen LogP contribution in [-0.4, -0.2) is 0 Å². The molecule has 1 saturated heterocycles. The molecule has 1 aliphatic heterocycles. The molecule has 276 valence electrons. The van der Waals surface area contributed by atoms with Crippen LogP contribution in [0.5, 0.6) is 0 Å². The molecule has 58 heavy (non-hydrogen) atoms. The molecular formula is C53H37N3O2. The van der Waals surface area contributed by atoms with Crippen molar-refractivity contribution in [3.8, 4) is 22.3 Å². The molecule has 3 atom stereocenters. The summed E-state index contributed by atoms with van der Waals surface area (Å²) in [4.78, 5) is 0. The molecule has 3 unspecified atom stereocenters. The van der Waals surface area contributed by atoms with Crippen LogP contribution in [0.2, 0.25) is 0 Å². The van der Waals surface area contributed by atoms with Crippen molar-refractivity contribution >= 4 is 65.4 Å². The average Bonchev–Trinajstić information content (AvgIpc) is 3.87. The zero-order valence-electron chi connectivity index (χ0n) is 31.4. The molecule has 12 rings (SSSR count). The topological polar surface area (TPSA) is 62.4 Å². The molecule has 0 aliphatic carbocycles. The zero-order chi connectivity index (χ0) is 38.2. The Kier molecular flexibility index (Phi) is 7.60. The SMILES string of the molecule is c1ccc(-c2ccc3oc4cccc(-c5ccc(C6NC(c7ccc8ccccc8c7)NC(c7cccc8oc9ccccc9c78)N6)c6ccccc56)c4c3c2)cc1. The molecule has 0 spiro atoms. The van der Waals surface area contributed by atoms with Crippen LogP contribution in [0.1, 0.15) is 35.2 Å². The quantitative estimate of drug-likeness (QED) is 0.164. The first kappa shape index (κ1) is 33.2. The number of hydrogen-bond donors (Lipinski definition) is 3. The summed E-state index contributed by atoms with van der Waals surface area (Å²) in [6.45, 7) is 0. The number of benzene rings is 9. The van der Waals surface area contributed by atoms with Crippen LogP contribution in [0.4, 0.5) is 0 Å². The smallest absolute Gasteiger partial charge is 0.136 e. The van der Waals surface area contributed by atoms with E-state index >= 15 is 0 Å². The molecule has 11 aromatic rings. The van der Waals surface area contributed by atoms with Crippen molar-refractivity contribution < 1.29 is 8.83 Å². The van der Waals surface area contributed by atoms with Crippen LogP contribution in [0.3, 0.4) is 0 Å². The summed E-state index contributed by atoms with van der Waals surface area (Å²) in [5.74, 6) is 0. The summed E-state index contributed by atoms with van der Waals surface area (Å²) in [5, 5.41) is 21.2. The van der Waals surface area contributed by atoms with Gasteiger partial charge in [-0.2, -0.15) is 0 Å². The van der Waals surface area contributed by atoms with Gasteiger partial charge in [0.2, 0.25) is 0 Å². The van der Waals surface area contributed by atoms with Crippen LogP contribution < -0.4 is 16.0 Å². The van der Waals surface area contributed by atoms with Gasteiger partial charge in [0.05, 0.1) is 18.5 Å². The van der Waals surface area contributed by atoms with Crippen molar-refractivity contribution in [2.75, 3.05) is 0 Å². The van der Waals surface area contributed by atoms with E-state index < -0.39 is 0 Å². The van der Waals surface area contributed by atoms with Crippen molar-refractivity contribution in [1.82, 2.24) is 16.0 Å². The minimum Gasteiger partial charge on any atom is -0.456 e. The van der Waals surface area contributed by atoms with Crippen LogP contribution in [0.15, 0.2) is 197 Å². The predicted molar refractivity (Wildman–Crippen MR) is 237 cm³/mol. The fraction of sp³-hybridized carbons (Fsp3) is 0.0566. The molecule has 0 amide bonds. The number of rotatable bonds is 5. The molecular weight excluding hydrogens is 711 g/mol. The third-order valence-corrected chi connectivity index (χ3v) is 12.0. The van der Waals surface area contributed by atoms with E-state index in [0.29, 0.717) is 0 Å². The lowest BCUT2D eigenvalue weighted by atomic mass is 9.90. The van der Waals surface area contributed by atoms with Crippen LogP contribution in [-0.2, 0) is 0 Å². The van der Waals surface area contributed by atoms with Crippen molar-refractivity contribution in [1.29, 1.82) is 0 Å². The van der Waals surface area contributed by atoms with Gasteiger partial charge in [-0.3, -0.25) is 16.0 Å². The molecule has 0 saturated carbocycles. The predicted octanol–water partition coefficient (Wildman–Crippen LogP) is 13.3. The van der Waals surface area contributed by atoms with E-state index in [4.69, 9.17) is 8.83 Å². The minimum atomic E-state index is -0.200. The Morgan fingerprint density at radius 3 is 1.84 bits per heavy atom. The van der Waals surface area contributed by atoms with Crippen molar-refractivity contribution in [3.63, 3.8) is 0 Å². The number of hydrogen-bond acceptors (Lipinski definition) is 5. The van der Waals surface area contributed by atoms with Gasteiger partial charge >= 0.3 is 0 Å². The van der Waals surface area contributed by atoms with E-state index in [9.17, 15) is 0 Å². The average molecular weight is 748 g/mol. The Balaban J connectivity index is 1.01. The molecule has 0 radical (unpaired) electrons. The standard InChI is InChI=1S/C53H37N3O2/c1-2-12-32(13-3-1)35-26-29-46-44(31-35)49-40(19-10-22-47(49)58-46)39-27-28-41(38-17-7-6-16-37(38)39)52-54-51(36-25-24-33-14-4-5-15-34(33)30-36)55-53(56-52)43-20-11-23-48-50(43)42-18-8-9-21-45(42)57-48/h1-31,51-56H. The summed E-state index contributed by atoms with van der Waals surface area (Å²) < 4.78 is 12.9. The molecule has 0 bridgehead atoms. The fourth-order valence-corrected chi connectivity index (χ4v) is 9.30. The summed E-state index contributed by atoms with van der Waals surface area (Å²) in [5.41, 5.74) is 11.7. The third-order valence-electron chi connectivity index (χ3n) is 12.0. The van der Waals surface area contributed by atoms with E-state index in [2.05, 4.69) is 192 Å². The highest BCUT2D eigenvalue weighted by Crippen LogP contribution is 2.43. The Hall–Kier alpha value is -7.02. The van der Waals surface area contributed by atoms with E-state index in [1.165, 1.54) is 49.4 Å². The number of furan rings is 2. The van der Waals surface area contributed by atoms with E-state index in [0.717, 1.165) is 55.0 Å². The molecule has 1 fully saturated rings. The highest BCUT2D eigenvalue weighted by Gasteiger charge is 2.32. The van der Waals surface area contributed by atoms with Crippen LogP contribution >= 0.6 is 0 Å². The lowest BCUT2D eigenvalue weighted by Gasteiger charge is -2.40. The molecule has 3 N–H and O–H groups in total. The molecule has 2 aromatic heterocycles. The Labute approximate surface area is 334 Å². The van der Waals surface area contributed by atoms with Gasteiger partial charge in [0, 0.05) is 21.5 Å². The molecule has 1 aliphatic rings. The summed E-state index contributed by atoms with van der Waals surface area (Å²) in [6, 6.07) is 66.9. The molecule has 9 aromatic carbocycles. The maximum absolute atomic E-state index is 6.49. The first-order chi connectivity index (χ1) is 28.7. The van der Waals surface area contributed by atoms with E-state index in [-0.39, 0.29) is 18.5 Å². The normalized spacial score (nSPS) is 17.3. The highest BCUT2D eigenvalue weighted by molar-refractivity contribution is 6.16. The molecule has 3 heterocycles. The lowest BCUT2D eigenvalue weighted by molar-refractivity contribution is 0.205. The van der Waals surface area contributed by atoms with Gasteiger partial charge in [-0.25, -0.2) is 0 Å². The van der Waals surface area contributed by atoms with E-state index in [1.807, 2.05) is 12.1 Å². The monoisotopic (exact) mass is 747 g/mol. The van der Waals surface area contributed by atoms with Crippen molar-refractivity contribution in [2.24, 2.45) is 0 Å². The van der Waals surface area contributed by atoms with Gasteiger partial charge in [0.1, 0.15) is 22.3 Å². The highest BCUT2D eigenvalue weighted by atomic mass is 16.3. The van der Waals surface area contributed by atoms with Gasteiger partial charge in [-0.1, -0.05) is 152 Å². The summed E-state index contributed by atoms with van der Waals surface area (Å²) in [7, 11) is 0. The van der Waals surface area contributed by atoms with Gasteiger partial charge in [-0.15, -0.1) is 0 Å². The van der Waals surface area contributed by atoms with Crippen LogP contribution in [0.25, 0.3) is 87.7 Å². The summed E-state index contributed by atoms with van der Waals surface area (Å²) in [6.07, 6.45) is -0.553. The Bertz CT molecular complexity index is 3360. The van der Waals surface area contributed by atoms with Gasteiger partial charge in [0.25, 0.3) is 0 Å². The minimum absolute atomic E-state index is 0.155. The number of fused-ring (bicyclic) bond motifs is 8. The Morgan fingerprint density at radius 2 is 0.983 bits per heavy atom.